The normalized spacial score (nSPS) is 20.0. The van der Waals surface area contributed by atoms with Gasteiger partial charge in [-0.25, -0.2) is 4.98 Å². The first-order valence-corrected chi connectivity index (χ1v) is 5.61. The maximum atomic E-state index is 12.0. The van der Waals surface area contributed by atoms with Crippen LogP contribution in [0.1, 0.15) is 29.8 Å². The van der Waals surface area contributed by atoms with E-state index in [4.69, 9.17) is 0 Å². The summed E-state index contributed by atoms with van der Waals surface area (Å²) in [6.07, 6.45) is 1.75. The number of likely N-dealkylation sites (N-methyl/N-ethyl adjacent to an activating group) is 1. The first-order chi connectivity index (χ1) is 7.72. The van der Waals surface area contributed by atoms with Crippen LogP contribution >= 0.6 is 0 Å². The molecule has 0 radical (unpaired) electrons. The molecule has 1 unspecified atom stereocenters. The number of nitrogens with zero attached hydrogens (tertiary/aromatic N) is 3. The second-order valence-electron chi connectivity index (χ2n) is 4.02. The molecule has 1 aliphatic heterocycles. The van der Waals surface area contributed by atoms with Crippen molar-refractivity contribution < 1.29 is 4.79 Å². The predicted octanol–water partition coefficient (Wildman–Crippen LogP) is -0.199. The van der Waals surface area contributed by atoms with E-state index in [9.17, 15) is 4.79 Å². The summed E-state index contributed by atoms with van der Waals surface area (Å²) in [5.41, 5.74) is 0. The van der Waals surface area contributed by atoms with Crippen molar-refractivity contribution in [3.63, 3.8) is 0 Å². The lowest BCUT2D eigenvalue weighted by Crippen LogP contribution is -2.38. The molecule has 1 aliphatic rings. The highest BCUT2D eigenvalue weighted by molar-refractivity contribution is 5.90. The number of rotatable bonds is 3. The van der Waals surface area contributed by atoms with Gasteiger partial charge in [-0.1, -0.05) is 6.92 Å². The molecular weight excluding hydrogens is 206 g/mol. The molecule has 1 fully saturated rings. The number of hydrogen-bond acceptors (Lipinski definition) is 4. The standard InChI is InChI=1S/C10H17N5O/c1-3-8-12-9(14-13-8)10(16)15(2)7-4-5-11-6-7/h7,11H,3-6H2,1-2H3,(H,12,13,14). The Morgan fingerprint density at radius 2 is 2.44 bits per heavy atom. The summed E-state index contributed by atoms with van der Waals surface area (Å²) < 4.78 is 0. The van der Waals surface area contributed by atoms with Crippen molar-refractivity contribution in [1.29, 1.82) is 0 Å². The van der Waals surface area contributed by atoms with Crippen LogP contribution in [0.5, 0.6) is 0 Å². The van der Waals surface area contributed by atoms with Gasteiger partial charge in [0.25, 0.3) is 5.91 Å². The third-order valence-corrected chi connectivity index (χ3v) is 2.96. The lowest BCUT2D eigenvalue weighted by Gasteiger charge is -2.22. The molecule has 0 bridgehead atoms. The third-order valence-electron chi connectivity index (χ3n) is 2.96. The number of aryl methyl sites for hydroxylation is 1. The van der Waals surface area contributed by atoms with Gasteiger partial charge in [-0.15, -0.1) is 5.10 Å². The minimum atomic E-state index is -0.107. The van der Waals surface area contributed by atoms with Crippen LogP contribution in [0.25, 0.3) is 0 Å². The zero-order valence-electron chi connectivity index (χ0n) is 9.66. The fourth-order valence-electron chi connectivity index (χ4n) is 1.84. The van der Waals surface area contributed by atoms with Crippen LogP contribution in [0.15, 0.2) is 0 Å². The van der Waals surface area contributed by atoms with Crippen molar-refractivity contribution in [3.8, 4) is 0 Å². The Morgan fingerprint density at radius 1 is 1.62 bits per heavy atom. The number of H-pyrrole nitrogens is 1. The molecule has 0 spiro atoms. The Bertz CT molecular complexity index is 369. The lowest BCUT2D eigenvalue weighted by atomic mass is 10.2. The van der Waals surface area contributed by atoms with Crippen molar-refractivity contribution in [2.24, 2.45) is 0 Å². The first-order valence-electron chi connectivity index (χ1n) is 5.61. The van der Waals surface area contributed by atoms with Gasteiger partial charge in [-0.2, -0.15) is 0 Å². The average Bonchev–Trinajstić information content (AvgIpc) is 2.97. The maximum Gasteiger partial charge on any atom is 0.293 e. The number of carbonyl (C=O) groups excluding carboxylic acids is 1. The van der Waals surface area contributed by atoms with Crippen LogP contribution in [-0.4, -0.2) is 52.2 Å². The Balaban J connectivity index is 2.05. The second-order valence-corrected chi connectivity index (χ2v) is 4.02. The van der Waals surface area contributed by atoms with Gasteiger partial charge in [0.2, 0.25) is 5.82 Å². The van der Waals surface area contributed by atoms with Crippen LogP contribution in [-0.2, 0) is 6.42 Å². The molecule has 6 heteroatoms. The number of amides is 1. The van der Waals surface area contributed by atoms with Gasteiger partial charge in [0.15, 0.2) is 0 Å². The van der Waals surface area contributed by atoms with E-state index in [1.54, 1.807) is 4.90 Å². The Labute approximate surface area is 94.4 Å². The third kappa shape index (κ3) is 2.06. The average molecular weight is 223 g/mol. The number of aromatic amines is 1. The maximum absolute atomic E-state index is 12.0. The van der Waals surface area contributed by atoms with Gasteiger partial charge in [0.05, 0.1) is 0 Å². The fourth-order valence-corrected chi connectivity index (χ4v) is 1.84. The van der Waals surface area contributed by atoms with E-state index in [1.807, 2.05) is 14.0 Å². The minimum absolute atomic E-state index is 0.107. The summed E-state index contributed by atoms with van der Waals surface area (Å²) in [5.74, 6) is 0.914. The monoisotopic (exact) mass is 223 g/mol. The predicted molar refractivity (Wildman–Crippen MR) is 59.1 cm³/mol. The van der Waals surface area contributed by atoms with Crippen molar-refractivity contribution in [2.75, 3.05) is 20.1 Å². The molecule has 1 atom stereocenters. The fraction of sp³-hybridized carbons (Fsp3) is 0.700. The summed E-state index contributed by atoms with van der Waals surface area (Å²) in [6.45, 7) is 3.79. The van der Waals surface area contributed by atoms with Gasteiger partial charge in [0, 0.05) is 26.1 Å². The highest BCUT2D eigenvalue weighted by Gasteiger charge is 2.26. The molecule has 2 rings (SSSR count). The van der Waals surface area contributed by atoms with Crippen LogP contribution < -0.4 is 5.32 Å². The van der Waals surface area contributed by atoms with E-state index < -0.39 is 0 Å². The molecule has 2 heterocycles. The van der Waals surface area contributed by atoms with Gasteiger partial charge >= 0.3 is 0 Å². The molecule has 0 aromatic carbocycles. The molecule has 1 aromatic heterocycles. The van der Waals surface area contributed by atoms with Gasteiger partial charge in [-0.3, -0.25) is 9.89 Å². The zero-order chi connectivity index (χ0) is 11.5. The Kier molecular flexibility index (Phi) is 3.19. The first kappa shape index (κ1) is 11.1. The highest BCUT2D eigenvalue weighted by Crippen LogP contribution is 2.09. The summed E-state index contributed by atoms with van der Waals surface area (Å²) in [4.78, 5) is 17.9. The number of hydrogen-bond donors (Lipinski definition) is 2. The lowest BCUT2D eigenvalue weighted by molar-refractivity contribution is 0.0732. The largest absolute Gasteiger partial charge is 0.335 e. The van der Waals surface area contributed by atoms with Crippen molar-refractivity contribution in [2.45, 2.75) is 25.8 Å². The highest BCUT2D eigenvalue weighted by atomic mass is 16.2. The Hall–Kier alpha value is -1.43. The molecule has 16 heavy (non-hydrogen) atoms. The molecule has 1 amide bonds. The molecule has 2 N–H and O–H groups in total. The summed E-state index contributed by atoms with van der Waals surface area (Å²) >= 11 is 0. The van der Waals surface area contributed by atoms with E-state index >= 15 is 0 Å². The number of aromatic nitrogens is 3. The number of carbonyl (C=O) groups is 1. The van der Waals surface area contributed by atoms with Crippen LogP contribution in [0.4, 0.5) is 0 Å². The SMILES string of the molecule is CCc1nc(C(=O)N(C)C2CCNC2)n[nH]1. The van der Waals surface area contributed by atoms with Gasteiger partial charge < -0.3 is 10.2 Å². The topological polar surface area (TPSA) is 73.9 Å². The van der Waals surface area contributed by atoms with E-state index in [0.29, 0.717) is 0 Å². The molecule has 88 valence electrons. The number of nitrogens with one attached hydrogen (secondary N) is 2. The van der Waals surface area contributed by atoms with E-state index in [0.717, 1.165) is 31.8 Å². The summed E-state index contributed by atoms with van der Waals surface area (Å²) in [7, 11) is 1.81. The van der Waals surface area contributed by atoms with Crippen molar-refractivity contribution in [1.82, 2.24) is 25.4 Å². The molecule has 1 saturated heterocycles. The molecular formula is C10H17N5O. The van der Waals surface area contributed by atoms with Crippen LogP contribution in [0, 0.1) is 0 Å². The summed E-state index contributed by atoms with van der Waals surface area (Å²) in [6, 6.07) is 0.260. The van der Waals surface area contributed by atoms with E-state index in [-0.39, 0.29) is 17.8 Å². The second kappa shape index (κ2) is 4.61. The van der Waals surface area contributed by atoms with Crippen molar-refractivity contribution in [3.05, 3.63) is 11.6 Å². The molecule has 0 saturated carbocycles. The van der Waals surface area contributed by atoms with E-state index in [2.05, 4.69) is 20.5 Å². The molecule has 0 aliphatic carbocycles. The quantitative estimate of drug-likeness (QED) is 0.744. The Morgan fingerprint density at radius 3 is 3.00 bits per heavy atom. The minimum Gasteiger partial charge on any atom is -0.335 e. The van der Waals surface area contributed by atoms with Crippen LogP contribution in [0.2, 0.25) is 0 Å². The van der Waals surface area contributed by atoms with Crippen molar-refractivity contribution >= 4 is 5.91 Å². The van der Waals surface area contributed by atoms with E-state index in [1.165, 1.54) is 0 Å². The molecule has 6 nitrogen and oxygen atoms in total. The van der Waals surface area contributed by atoms with Gasteiger partial charge in [-0.05, 0) is 13.0 Å². The van der Waals surface area contributed by atoms with Gasteiger partial charge in [0.1, 0.15) is 5.82 Å². The molecule has 1 aromatic rings. The zero-order valence-corrected chi connectivity index (χ0v) is 9.66. The van der Waals surface area contributed by atoms with Crippen LogP contribution in [0.3, 0.4) is 0 Å². The smallest absolute Gasteiger partial charge is 0.293 e. The summed E-state index contributed by atoms with van der Waals surface area (Å²) in [5, 5.41) is 9.92.